The maximum absolute atomic E-state index is 15.4. The molecule has 30 heteroatoms. The van der Waals surface area contributed by atoms with Gasteiger partial charge in [-0.25, -0.2) is 87.8 Å². The molecule has 0 saturated heterocycles. The summed E-state index contributed by atoms with van der Waals surface area (Å²) < 4.78 is 294. The largest absolute Gasteiger partial charge is 0.381 e. The first-order chi connectivity index (χ1) is 29.4. The Morgan fingerprint density at radius 1 is 0.297 bits per heavy atom. The fourth-order valence-electron chi connectivity index (χ4n) is 6.00. The normalized spacial score (nSPS) is 12.3. The second-order valence-corrected chi connectivity index (χ2v) is 23.2. The van der Waals surface area contributed by atoms with E-state index in [1.54, 1.807) is 0 Å². The number of halogens is 27. The van der Waals surface area contributed by atoms with E-state index in [0.717, 1.165) is 9.75 Å². The van der Waals surface area contributed by atoms with Gasteiger partial charge >= 0.3 is 21.2 Å². The van der Waals surface area contributed by atoms with Crippen LogP contribution in [0.15, 0.2) is 24.3 Å². The van der Waals surface area contributed by atoms with E-state index in [1.165, 1.54) is 28.4 Å². The van der Waals surface area contributed by atoms with Crippen LogP contribution in [0, 0.1) is 122 Å². The van der Waals surface area contributed by atoms with E-state index >= 15 is 35.1 Å². The van der Waals surface area contributed by atoms with Crippen LogP contribution in [0.1, 0.15) is 9.75 Å². The van der Waals surface area contributed by atoms with E-state index in [2.05, 4.69) is 0 Å². The molecule has 6 rings (SSSR count). The van der Waals surface area contributed by atoms with Crippen molar-refractivity contribution < 1.29 is 109 Å². The van der Waals surface area contributed by atoms with Crippen LogP contribution in [-0.2, 0) is 7.59 Å². The summed E-state index contributed by atoms with van der Waals surface area (Å²) in [5.41, 5.74) is -14.3. The molecule has 0 aliphatic heterocycles. The quantitative estimate of drug-likeness (QED) is 0.0390. The predicted molar refractivity (Wildman–Crippen MR) is 194 cm³/mol. The van der Waals surface area contributed by atoms with Gasteiger partial charge in [-0.15, -0.1) is 21.9 Å². The summed E-state index contributed by atoms with van der Waals surface area (Å²) >= 11 is 37.7. The number of hydrogen-bond donors (Lipinski definition) is 0. The molecule has 4 aromatic carbocycles. The monoisotopic (exact) mass is 1200 g/mol. The number of hydrogen-bond acceptors (Lipinski definition) is 2. The van der Waals surface area contributed by atoms with Crippen molar-refractivity contribution >= 4 is 120 Å². The minimum Gasteiger partial charge on any atom is -0.207 e. The highest BCUT2D eigenvalue weighted by Gasteiger charge is 2.52. The lowest BCUT2D eigenvalue weighted by atomic mass is 9.12. The van der Waals surface area contributed by atoms with E-state index in [-0.39, 0.29) is 21.2 Å². The molecule has 0 nitrogen and oxygen atoms in total. The minimum atomic E-state index is -7.22. The summed E-state index contributed by atoms with van der Waals surface area (Å²) in [6.07, 6.45) is -7.22. The van der Waals surface area contributed by atoms with Crippen molar-refractivity contribution in [3.63, 3.8) is 0 Å². The highest BCUT2D eigenvalue weighted by molar-refractivity contribution is 7.20. The molecule has 0 atom stereocenters. The molecule has 6 aromatic rings. The zero-order valence-corrected chi connectivity index (χ0v) is 37.2. The van der Waals surface area contributed by atoms with Gasteiger partial charge in [-0.3, -0.25) is 0 Å². The van der Waals surface area contributed by atoms with Crippen LogP contribution in [0.2, 0.25) is 0 Å². The third-order valence-corrected chi connectivity index (χ3v) is 16.6. The van der Waals surface area contributed by atoms with Crippen molar-refractivity contribution in [2.24, 2.45) is 0 Å². The van der Waals surface area contributed by atoms with Gasteiger partial charge in [0.1, 0.15) is 52.7 Å². The molecule has 0 radical (unpaired) electrons. The van der Waals surface area contributed by atoms with E-state index in [9.17, 15) is 52.7 Å². The third-order valence-electron chi connectivity index (χ3n) is 8.60. The minimum absolute atomic E-state index is 0.341. The Morgan fingerprint density at radius 2 is 0.469 bits per heavy atom. The third kappa shape index (κ3) is 8.84. The number of rotatable bonds is 6. The molecule has 2 aromatic heterocycles. The van der Waals surface area contributed by atoms with Crippen LogP contribution < -0.4 is 43.1 Å². The summed E-state index contributed by atoms with van der Waals surface area (Å²) in [6, 6.07) is 7.67. The van der Waals surface area contributed by atoms with Crippen LogP contribution in [0.25, 0.3) is 0 Å². The molecule has 0 unspecified atom stereocenters. The molecule has 0 fully saturated rings. The molecule has 2 heterocycles. The van der Waals surface area contributed by atoms with Crippen LogP contribution in [0.4, 0.5) is 87.8 Å². The van der Waals surface area contributed by atoms with Crippen LogP contribution in [0.5, 0.6) is 0 Å². The second kappa shape index (κ2) is 18.8. The van der Waals surface area contributed by atoms with Crippen LogP contribution >= 0.6 is 92.3 Å². The van der Waals surface area contributed by atoms with Gasteiger partial charge in [0.25, 0.3) is 0 Å². The molecular weight excluding hydrogens is 1200 g/mol. The summed E-state index contributed by atoms with van der Waals surface area (Å²) in [6.45, 7) is 0. The van der Waals surface area contributed by atoms with Crippen molar-refractivity contribution in [2.75, 3.05) is 0 Å². The Bertz CT molecular complexity index is 2430. The second-order valence-electron chi connectivity index (χ2n) is 12.1. The van der Waals surface area contributed by atoms with Gasteiger partial charge in [-0.2, -0.15) is 0 Å². The average molecular weight is 1210 g/mol. The Morgan fingerprint density at radius 3 is 0.625 bits per heavy atom. The molecule has 344 valence electrons. The SMILES string of the molecule is ClC(Cl)(Cl)c1ccc([I+]c2ccc(C(Cl)(Cl)Cl)s2)s1.Fc1c(F)c(F)c([B-](c2c(F)c(F)c(F)c(F)c2F)(c2c(F)c(F)c(F)c(F)c2F)c2c(F)c(F)c(F)c(F)c2F)c(F)c1F. The van der Waals surface area contributed by atoms with E-state index in [4.69, 9.17) is 69.6 Å². The molecular formula is C34H4BCl6F20IS2. The number of alkyl halides is 6. The van der Waals surface area contributed by atoms with Gasteiger partial charge in [-0.05, 0) is 12.1 Å². The Balaban J connectivity index is 0.000000337. The molecule has 64 heavy (non-hydrogen) atoms. The van der Waals surface area contributed by atoms with Gasteiger partial charge in [0.2, 0.25) is 13.4 Å². The van der Waals surface area contributed by atoms with Crippen molar-refractivity contribution in [3.8, 4) is 0 Å². The van der Waals surface area contributed by atoms with E-state index < -0.39 is 152 Å². The topological polar surface area (TPSA) is 0 Å². The van der Waals surface area contributed by atoms with E-state index in [1.807, 2.05) is 24.3 Å². The van der Waals surface area contributed by atoms with Crippen molar-refractivity contribution in [1.82, 2.24) is 0 Å². The van der Waals surface area contributed by atoms with E-state index in [0.29, 0.717) is 0 Å². The summed E-state index contributed by atoms with van der Waals surface area (Å²) in [5.74, 6) is -71.4. The molecule has 0 saturated carbocycles. The van der Waals surface area contributed by atoms with Gasteiger partial charge in [-0.1, -0.05) is 92.3 Å². The first-order valence-corrected chi connectivity index (χ1v) is 21.6. The highest BCUT2D eigenvalue weighted by Crippen LogP contribution is 2.42. The van der Waals surface area contributed by atoms with Crippen LogP contribution in [0.3, 0.4) is 0 Å². The first-order valence-electron chi connectivity index (χ1n) is 15.6. The zero-order valence-electron chi connectivity index (χ0n) is 28.9. The lowest BCUT2D eigenvalue weighted by molar-refractivity contribution is -0.585. The maximum Gasteiger partial charge on any atom is 0.381 e. The van der Waals surface area contributed by atoms with Gasteiger partial charge in [0.15, 0.2) is 69.8 Å². The fourth-order valence-corrected chi connectivity index (χ4v) is 13.1. The van der Waals surface area contributed by atoms with Gasteiger partial charge < -0.3 is 0 Å². The lowest BCUT2D eigenvalue weighted by Crippen LogP contribution is -3.61. The summed E-state index contributed by atoms with van der Waals surface area (Å²) in [7, 11) is 0. The molecule has 0 N–H and O–H groups in total. The van der Waals surface area contributed by atoms with Crippen molar-refractivity contribution in [3.05, 3.63) is 156 Å². The van der Waals surface area contributed by atoms with Crippen molar-refractivity contribution in [2.45, 2.75) is 7.59 Å². The lowest BCUT2D eigenvalue weighted by Gasteiger charge is -2.44. The predicted octanol–water partition coefficient (Wildman–Crippen LogP) is 9.44. The molecule has 0 spiro atoms. The average Bonchev–Trinajstić information content (AvgIpc) is 3.92. The standard InChI is InChI=1S/C24BF20.C10H4Cl6IS2/c26-5-1(6(27)14(35)21(42)13(5)34)25(2-7(28)15(36)22(43)16(37)8(2)29,3-9(30)17(38)23(44)18(39)10(3)31)4-11(32)19(40)24(45)20(41)12(4)33;11-9(12,13)5-1-3-7(18-5)17-8-4-2-6(19-8)10(14,15)16/h;1-4H/q-1;+1. The fraction of sp³-hybridized carbons (Fsp3) is 0.0588. The first kappa shape index (κ1) is 52.4. The smallest absolute Gasteiger partial charge is 0.207 e. The highest BCUT2D eigenvalue weighted by atomic mass is 127. The van der Waals surface area contributed by atoms with Gasteiger partial charge in [0, 0.05) is 12.1 Å². The molecule has 0 aliphatic rings. The Hall–Kier alpha value is -2.59. The maximum atomic E-state index is 15.4. The number of thiophene rings is 2. The molecule has 0 aliphatic carbocycles. The zero-order chi connectivity index (χ0) is 48.6. The molecule has 0 amide bonds. The Kier molecular flexibility index (Phi) is 15.4. The summed E-state index contributed by atoms with van der Waals surface area (Å²) in [5, 5.41) is 0. The Labute approximate surface area is 390 Å². The molecule has 0 bridgehead atoms. The summed E-state index contributed by atoms with van der Waals surface area (Å²) in [4.78, 5) is 1.45. The van der Waals surface area contributed by atoms with Crippen LogP contribution in [-0.4, -0.2) is 6.15 Å². The number of benzene rings is 4. The van der Waals surface area contributed by atoms with Gasteiger partial charge in [0.05, 0.1) is 9.75 Å². The van der Waals surface area contributed by atoms with Crippen molar-refractivity contribution in [1.29, 1.82) is 0 Å².